The van der Waals surface area contributed by atoms with Crippen molar-refractivity contribution in [1.82, 2.24) is 9.88 Å². The predicted molar refractivity (Wildman–Crippen MR) is 105 cm³/mol. The third-order valence-corrected chi connectivity index (χ3v) is 5.84. The third kappa shape index (κ3) is 4.18. The lowest BCUT2D eigenvalue weighted by atomic mass is 9.89. The molecule has 0 N–H and O–H groups in total. The molecule has 1 amide bonds. The Morgan fingerprint density at radius 2 is 2.04 bits per heavy atom. The lowest BCUT2D eigenvalue weighted by Crippen LogP contribution is -2.37. The van der Waals surface area contributed by atoms with Gasteiger partial charge in [-0.05, 0) is 50.3 Å². The normalized spacial score (nSPS) is 21.0. The molecule has 0 radical (unpaired) electrons. The van der Waals surface area contributed by atoms with Crippen molar-refractivity contribution in [2.75, 3.05) is 19.7 Å². The molecule has 1 atom stereocenters. The fourth-order valence-electron chi connectivity index (χ4n) is 4.36. The number of fused-ring (bicyclic) bond motifs is 1. The average Bonchev–Trinajstić information content (AvgIpc) is 3.36. The van der Waals surface area contributed by atoms with Gasteiger partial charge in [0.1, 0.15) is 5.52 Å². The first-order valence-electron chi connectivity index (χ1n) is 10.6. The number of amides is 1. The molecule has 1 saturated carbocycles. The molecule has 1 aromatic carbocycles. The smallest absolute Gasteiger partial charge is 0.254 e. The summed E-state index contributed by atoms with van der Waals surface area (Å²) in [5.74, 6) is 1.34. The number of nitrogens with zero attached hydrogens (tertiary/aromatic N) is 2. The summed E-state index contributed by atoms with van der Waals surface area (Å²) in [4.78, 5) is 19.7. The molecule has 5 nitrogen and oxygen atoms in total. The van der Waals surface area contributed by atoms with E-state index in [9.17, 15) is 4.79 Å². The van der Waals surface area contributed by atoms with Gasteiger partial charge in [0.2, 0.25) is 0 Å². The Morgan fingerprint density at radius 1 is 1.19 bits per heavy atom. The highest BCUT2D eigenvalue weighted by Gasteiger charge is 2.24. The van der Waals surface area contributed by atoms with Crippen LogP contribution in [-0.4, -0.2) is 41.6 Å². The van der Waals surface area contributed by atoms with Crippen LogP contribution in [0, 0.1) is 0 Å². The van der Waals surface area contributed by atoms with Crippen molar-refractivity contribution >= 4 is 17.0 Å². The van der Waals surface area contributed by atoms with Crippen molar-refractivity contribution in [3.63, 3.8) is 0 Å². The maximum atomic E-state index is 13.1. The van der Waals surface area contributed by atoms with Gasteiger partial charge in [0.25, 0.3) is 5.91 Å². The van der Waals surface area contributed by atoms with E-state index in [1.807, 2.05) is 23.1 Å². The standard InChI is InChI=1S/C22H30N2O3/c1-2-12-24(15-18-9-6-13-26-18)22(25)17-10-11-19-20(14-17)27-21(23-19)16-7-4-3-5-8-16/h10-11,14,16,18H,2-9,12-13,15H2,1H3/t18-/m0/s1. The Hall–Kier alpha value is -1.88. The van der Waals surface area contributed by atoms with Crippen LogP contribution in [0.5, 0.6) is 0 Å². The van der Waals surface area contributed by atoms with Crippen LogP contribution in [0.15, 0.2) is 22.6 Å². The molecule has 4 rings (SSSR count). The van der Waals surface area contributed by atoms with Crippen molar-refractivity contribution < 1.29 is 13.9 Å². The first-order valence-corrected chi connectivity index (χ1v) is 10.6. The second-order valence-corrected chi connectivity index (χ2v) is 7.96. The molecule has 2 aliphatic rings. The lowest BCUT2D eigenvalue weighted by Gasteiger charge is -2.25. The van der Waals surface area contributed by atoms with E-state index >= 15 is 0 Å². The number of carbonyl (C=O) groups is 1. The Bertz CT molecular complexity index is 773. The molecule has 2 aromatic rings. The molecular formula is C22H30N2O3. The van der Waals surface area contributed by atoms with Crippen LogP contribution < -0.4 is 0 Å². The molecule has 1 aliphatic heterocycles. The zero-order valence-electron chi connectivity index (χ0n) is 16.3. The molecule has 1 saturated heterocycles. The van der Waals surface area contributed by atoms with Gasteiger partial charge in [0, 0.05) is 31.2 Å². The molecule has 2 heterocycles. The highest BCUT2D eigenvalue weighted by molar-refractivity contribution is 5.97. The summed E-state index contributed by atoms with van der Waals surface area (Å²) in [6.07, 6.45) is 9.38. The molecule has 0 unspecified atom stereocenters. The van der Waals surface area contributed by atoms with Crippen molar-refractivity contribution in [2.45, 2.75) is 70.3 Å². The Kier molecular flexibility index (Phi) is 5.77. The molecule has 146 valence electrons. The van der Waals surface area contributed by atoms with Gasteiger partial charge in [-0.1, -0.05) is 26.2 Å². The second kappa shape index (κ2) is 8.42. The number of hydrogen-bond acceptors (Lipinski definition) is 4. The highest BCUT2D eigenvalue weighted by atomic mass is 16.5. The highest BCUT2D eigenvalue weighted by Crippen LogP contribution is 2.34. The summed E-state index contributed by atoms with van der Waals surface area (Å²) in [5, 5.41) is 0. The van der Waals surface area contributed by atoms with Crippen LogP contribution in [0.4, 0.5) is 0 Å². The minimum atomic E-state index is 0.0601. The summed E-state index contributed by atoms with van der Waals surface area (Å²) in [5.41, 5.74) is 2.27. The average molecular weight is 370 g/mol. The van der Waals surface area contributed by atoms with Crippen LogP contribution >= 0.6 is 0 Å². The van der Waals surface area contributed by atoms with E-state index in [0.717, 1.165) is 62.2 Å². The van der Waals surface area contributed by atoms with Crippen molar-refractivity contribution in [1.29, 1.82) is 0 Å². The molecule has 1 aromatic heterocycles. The van der Waals surface area contributed by atoms with Gasteiger partial charge in [-0.25, -0.2) is 4.98 Å². The molecule has 1 aliphatic carbocycles. The fourth-order valence-corrected chi connectivity index (χ4v) is 4.36. The van der Waals surface area contributed by atoms with Gasteiger partial charge >= 0.3 is 0 Å². The monoisotopic (exact) mass is 370 g/mol. The van der Waals surface area contributed by atoms with Gasteiger partial charge in [-0.2, -0.15) is 0 Å². The number of aromatic nitrogens is 1. The quantitative estimate of drug-likeness (QED) is 0.725. The first kappa shape index (κ1) is 18.5. The summed E-state index contributed by atoms with van der Waals surface area (Å²) in [6, 6.07) is 5.68. The SMILES string of the molecule is CCCN(C[C@@H]1CCCO1)C(=O)c1ccc2nc(C3CCCCC3)oc2c1. The Labute approximate surface area is 161 Å². The van der Waals surface area contributed by atoms with Gasteiger partial charge < -0.3 is 14.1 Å². The summed E-state index contributed by atoms with van der Waals surface area (Å²) in [6.45, 7) is 4.34. The molecule has 0 spiro atoms. The maximum Gasteiger partial charge on any atom is 0.254 e. The van der Waals surface area contributed by atoms with E-state index in [0.29, 0.717) is 18.0 Å². The van der Waals surface area contributed by atoms with E-state index in [4.69, 9.17) is 9.15 Å². The topological polar surface area (TPSA) is 55.6 Å². The molecular weight excluding hydrogens is 340 g/mol. The van der Waals surface area contributed by atoms with Gasteiger partial charge in [-0.3, -0.25) is 4.79 Å². The van der Waals surface area contributed by atoms with Gasteiger partial charge in [0.15, 0.2) is 11.5 Å². The number of rotatable bonds is 6. The summed E-state index contributed by atoms with van der Waals surface area (Å²) in [7, 11) is 0. The Balaban J connectivity index is 1.53. The van der Waals surface area contributed by atoms with Gasteiger partial charge in [0.05, 0.1) is 6.10 Å². The van der Waals surface area contributed by atoms with Crippen molar-refractivity contribution in [3.8, 4) is 0 Å². The number of carbonyl (C=O) groups excluding carboxylic acids is 1. The molecule has 5 heteroatoms. The number of ether oxygens (including phenoxy) is 1. The van der Waals surface area contributed by atoms with Crippen LogP contribution in [0.25, 0.3) is 11.1 Å². The number of benzene rings is 1. The zero-order valence-corrected chi connectivity index (χ0v) is 16.3. The third-order valence-electron chi connectivity index (χ3n) is 5.84. The van der Waals surface area contributed by atoms with E-state index in [1.54, 1.807) is 0 Å². The summed E-state index contributed by atoms with van der Waals surface area (Å²) < 4.78 is 11.8. The first-order chi connectivity index (χ1) is 13.2. The minimum Gasteiger partial charge on any atom is -0.440 e. The second-order valence-electron chi connectivity index (χ2n) is 7.96. The van der Waals surface area contributed by atoms with E-state index in [2.05, 4.69) is 11.9 Å². The molecule has 0 bridgehead atoms. The van der Waals surface area contributed by atoms with Crippen LogP contribution in [0.1, 0.15) is 80.5 Å². The van der Waals surface area contributed by atoms with E-state index in [-0.39, 0.29) is 12.0 Å². The van der Waals surface area contributed by atoms with Crippen LogP contribution in [0.2, 0.25) is 0 Å². The molecule has 2 fully saturated rings. The number of hydrogen-bond donors (Lipinski definition) is 0. The van der Waals surface area contributed by atoms with E-state index < -0.39 is 0 Å². The van der Waals surface area contributed by atoms with Crippen molar-refractivity contribution in [2.24, 2.45) is 0 Å². The largest absolute Gasteiger partial charge is 0.440 e. The van der Waals surface area contributed by atoms with Gasteiger partial charge in [-0.15, -0.1) is 0 Å². The van der Waals surface area contributed by atoms with Crippen LogP contribution in [-0.2, 0) is 4.74 Å². The molecule has 27 heavy (non-hydrogen) atoms. The lowest BCUT2D eigenvalue weighted by molar-refractivity contribution is 0.0526. The van der Waals surface area contributed by atoms with E-state index in [1.165, 1.54) is 19.3 Å². The minimum absolute atomic E-state index is 0.0601. The predicted octanol–water partition coefficient (Wildman–Crippen LogP) is 4.91. The summed E-state index contributed by atoms with van der Waals surface area (Å²) >= 11 is 0. The number of oxazole rings is 1. The zero-order chi connectivity index (χ0) is 18.6. The Morgan fingerprint density at radius 3 is 2.78 bits per heavy atom. The van der Waals surface area contributed by atoms with Crippen LogP contribution in [0.3, 0.4) is 0 Å². The fraction of sp³-hybridized carbons (Fsp3) is 0.636. The van der Waals surface area contributed by atoms with Crippen molar-refractivity contribution in [3.05, 3.63) is 29.7 Å². The maximum absolute atomic E-state index is 13.1.